The Morgan fingerprint density at radius 3 is 2.70 bits per heavy atom. The molecule has 2 aromatic carbocycles. The van der Waals surface area contributed by atoms with Crippen LogP contribution in [0.5, 0.6) is 11.5 Å². The fraction of sp³-hybridized carbons (Fsp3) is 0.118. The Balaban J connectivity index is 1.96. The molecule has 0 bridgehead atoms. The Morgan fingerprint density at radius 2 is 2.00 bits per heavy atom. The van der Waals surface area contributed by atoms with Gasteiger partial charge < -0.3 is 20.0 Å². The zero-order valence-electron chi connectivity index (χ0n) is 12.5. The van der Waals surface area contributed by atoms with E-state index in [0.717, 1.165) is 17.5 Å². The number of aromatic hydroxyl groups is 1. The molecule has 2 N–H and O–H groups in total. The number of phenols is 1. The van der Waals surface area contributed by atoms with Gasteiger partial charge in [-0.15, -0.1) is 0 Å². The van der Waals surface area contributed by atoms with Crippen LogP contribution in [0, 0.1) is 0 Å². The molecule has 1 heterocycles. The van der Waals surface area contributed by atoms with Crippen LogP contribution in [-0.4, -0.2) is 28.5 Å². The Bertz CT molecular complexity index is 848. The van der Waals surface area contributed by atoms with E-state index >= 15 is 0 Å². The highest BCUT2D eigenvalue weighted by Crippen LogP contribution is 2.33. The van der Waals surface area contributed by atoms with Crippen molar-refractivity contribution in [1.82, 2.24) is 9.97 Å². The molecule has 0 fully saturated rings. The smallest absolute Gasteiger partial charge is 0.162 e. The normalized spacial score (nSPS) is 10.5. The quantitative estimate of drug-likeness (QED) is 0.705. The molecule has 23 heavy (non-hydrogen) atoms. The molecule has 0 aliphatic heterocycles. The average molecular weight is 309 g/mol. The summed E-state index contributed by atoms with van der Waals surface area (Å²) in [4.78, 5) is 18.9. The third-order valence-electron chi connectivity index (χ3n) is 3.47. The van der Waals surface area contributed by atoms with Crippen LogP contribution in [0.3, 0.4) is 0 Å². The van der Waals surface area contributed by atoms with E-state index in [1.807, 2.05) is 24.3 Å². The highest BCUT2D eigenvalue weighted by molar-refractivity contribution is 5.92. The van der Waals surface area contributed by atoms with Crippen molar-refractivity contribution < 1.29 is 14.6 Å². The Morgan fingerprint density at radius 1 is 1.22 bits per heavy atom. The number of nitrogens with zero attached hydrogens (tertiary/aromatic N) is 2. The fourth-order valence-corrected chi connectivity index (χ4v) is 2.29. The number of rotatable bonds is 5. The number of anilines is 2. The van der Waals surface area contributed by atoms with Gasteiger partial charge in [-0.1, -0.05) is 12.1 Å². The number of hydrogen-bond donors (Lipinski definition) is 2. The van der Waals surface area contributed by atoms with Crippen molar-refractivity contribution in [2.24, 2.45) is 0 Å². The number of phenolic OH excluding ortho intramolecular Hbond substituents is 1. The summed E-state index contributed by atoms with van der Waals surface area (Å²) in [6.45, 7) is 0. The van der Waals surface area contributed by atoms with Gasteiger partial charge in [-0.05, 0) is 23.8 Å². The molecule has 0 saturated carbocycles. The molecule has 0 unspecified atom stereocenters. The summed E-state index contributed by atoms with van der Waals surface area (Å²) < 4.78 is 5.09. The van der Waals surface area contributed by atoms with Crippen molar-refractivity contribution in [3.05, 3.63) is 48.3 Å². The summed E-state index contributed by atoms with van der Waals surface area (Å²) in [6, 6.07) is 10.7. The van der Waals surface area contributed by atoms with Crippen LogP contribution in [-0.2, 0) is 11.2 Å². The van der Waals surface area contributed by atoms with E-state index in [2.05, 4.69) is 15.3 Å². The van der Waals surface area contributed by atoms with Crippen LogP contribution >= 0.6 is 0 Å². The first-order valence-corrected chi connectivity index (χ1v) is 7.02. The van der Waals surface area contributed by atoms with Gasteiger partial charge in [0, 0.05) is 23.6 Å². The summed E-state index contributed by atoms with van der Waals surface area (Å²) in [5.41, 5.74) is 2.44. The van der Waals surface area contributed by atoms with Crippen LogP contribution in [0.4, 0.5) is 11.5 Å². The van der Waals surface area contributed by atoms with Crippen molar-refractivity contribution in [3.8, 4) is 11.5 Å². The summed E-state index contributed by atoms with van der Waals surface area (Å²) in [5.74, 6) is 0.968. The number of benzene rings is 2. The van der Waals surface area contributed by atoms with Crippen molar-refractivity contribution in [3.63, 3.8) is 0 Å². The fourth-order valence-electron chi connectivity index (χ4n) is 2.29. The van der Waals surface area contributed by atoms with E-state index < -0.39 is 0 Å². The van der Waals surface area contributed by atoms with Crippen molar-refractivity contribution >= 4 is 28.7 Å². The first-order valence-electron chi connectivity index (χ1n) is 7.02. The van der Waals surface area contributed by atoms with Gasteiger partial charge in [-0.2, -0.15) is 0 Å². The third-order valence-corrected chi connectivity index (χ3v) is 3.47. The van der Waals surface area contributed by atoms with Crippen LogP contribution in [0.15, 0.2) is 42.7 Å². The van der Waals surface area contributed by atoms with E-state index in [-0.39, 0.29) is 5.75 Å². The van der Waals surface area contributed by atoms with Gasteiger partial charge in [0.1, 0.15) is 18.4 Å². The number of aromatic nitrogens is 2. The molecule has 0 saturated heterocycles. The number of fused-ring (bicyclic) bond motifs is 1. The average Bonchev–Trinajstić information content (AvgIpc) is 2.57. The maximum atomic E-state index is 10.5. The van der Waals surface area contributed by atoms with Crippen LogP contribution in [0.1, 0.15) is 5.56 Å². The van der Waals surface area contributed by atoms with Gasteiger partial charge in [0.2, 0.25) is 0 Å². The minimum atomic E-state index is 0.0270. The van der Waals surface area contributed by atoms with Crippen molar-refractivity contribution in [2.75, 3.05) is 12.4 Å². The largest absolute Gasteiger partial charge is 0.504 e. The van der Waals surface area contributed by atoms with E-state index in [1.54, 1.807) is 12.1 Å². The molecule has 3 rings (SSSR count). The number of carbonyl (C=O) groups is 1. The van der Waals surface area contributed by atoms with Gasteiger partial charge >= 0.3 is 0 Å². The van der Waals surface area contributed by atoms with Crippen LogP contribution < -0.4 is 10.1 Å². The number of carbonyl (C=O) groups excluding carboxylic acids is 1. The lowest BCUT2D eigenvalue weighted by atomic mass is 10.1. The minimum Gasteiger partial charge on any atom is -0.504 e. The lowest BCUT2D eigenvalue weighted by molar-refractivity contribution is -0.107. The van der Waals surface area contributed by atoms with Gasteiger partial charge in [-0.3, -0.25) is 0 Å². The van der Waals surface area contributed by atoms with Crippen molar-refractivity contribution in [1.29, 1.82) is 0 Å². The molecule has 0 amide bonds. The van der Waals surface area contributed by atoms with Crippen LogP contribution in [0.25, 0.3) is 10.9 Å². The molecule has 3 aromatic rings. The monoisotopic (exact) mass is 309 g/mol. The Hall–Kier alpha value is -3.15. The first kappa shape index (κ1) is 14.8. The molecule has 0 aliphatic carbocycles. The second-order valence-electron chi connectivity index (χ2n) is 4.96. The lowest BCUT2D eigenvalue weighted by Crippen LogP contribution is -1.97. The number of methoxy groups -OCH3 is 1. The van der Waals surface area contributed by atoms with E-state index in [0.29, 0.717) is 28.9 Å². The highest BCUT2D eigenvalue weighted by Gasteiger charge is 2.09. The molecule has 6 heteroatoms. The molecular formula is C17H15N3O3. The molecule has 0 radical (unpaired) electrons. The highest BCUT2D eigenvalue weighted by atomic mass is 16.5. The topological polar surface area (TPSA) is 84.3 Å². The maximum absolute atomic E-state index is 10.5. The molecule has 0 atom stereocenters. The standard InChI is InChI=1S/C17H15N3O3/c1-23-16-9-14-13(8-15(16)22)17(19-10-18-14)20-12-4-2-11(3-5-12)6-7-21/h2-5,7-10,22H,6H2,1H3,(H,18,19,20). The number of nitrogens with one attached hydrogen (secondary N) is 1. The summed E-state index contributed by atoms with van der Waals surface area (Å²) in [6.07, 6.45) is 2.71. The van der Waals surface area contributed by atoms with Gasteiger partial charge in [0.25, 0.3) is 0 Å². The summed E-state index contributed by atoms with van der Waals surface area (Å²) >= 11 is 0. The van der Waals surface area contributed by atoms with Crippen molar-refractivity contribution in [2.45, 2.75) is 6.42 Å². The molecular weight excluding hydrogens is 294 g/mol. The second kappa shape index (κ2) is 6.31. The Kier molecular flexibility index (Phi) is 4.05. The van der Waals surface area contributed by atoms with E-state index in [4.69, 9.17) is 4.74 Å². The molecule has 6 nitrogen and oxygen atoms in total. The minimum absolute atomic E-state index is 0.0270. The Labute approximate surface area is 132 Å². The summed E-state index contributed by atoms with van der Waals surface area (Å²) in [5, 5.41) is 13.8. The van der Waals surface area contributed by atoms with Crippen LogP contribution in [0.2, 0.25) is 0 Å². The number of ether oxygens (including phenoxy) is 1. The number of hydrogen-bond acceptors (Lipinski definition) is 6. The second-order valence-corrected chi connectivity index (χ2v) is 4.96. The zero-order valence-corrected chi connectivity index (χ0v) is 12.5. The van der Waals surface area contributed by atoms with E-state index in [9.17, 15) is 9.90 Å². The molecule has 1 aromatic heterocycles. The van der Waals surface area contributed by atoms with Gasteiger partial charge in [0.05, 0.1) is 12.6 Å². The summed E-state index contributed by atoms with van der Waals surface area (Å²) in [7, 11) is 1.49. The third kappa shape index (κ3) is 3.06. The molecule has 116 valence electrons. The predicted molar refractivity (Wildman–Crippen MR) is 87.2 cm³/mol. The predicted octanol–water partition coefficient (Wildman–Crippen LogP) is 2.83. The maximum Gasteiger partial charge on any atom is 0.162 e. The first-order chi connectivity index (χ1) is 11.2. The van der Waals surface area contributed by atoms with Gasteiger partial charge in [-0.25, -0.2) is 9.97 Å². The lowest BCUT2D eigenvalue weighted by Gasteiger charge is -2.10. The number of aldehydes is 1. The SMILES string of the molecule is COc1cc2ncnc(Nc3ccc(CC=O)cc3)c2cc1O. The molecule has 0 spiro atoms. The zero-order chi connectivity index (χ0) is 16.2. The van der Waals surface area contributed by atoms with E-state index in [1.165, 1.54) is 13.4 Å². The molecule has 0 aliphatic rings. The van der Waals surface area contributed by atoms with Gasteiger partial charge in [0.15, 0.2) is 11.5 Å².